The van der Waals surface area contributed by atoms with Crippen molar-refractivity contribution in [3.8, 4) is 0 Å². The van der Waals surface area contributed by atoms with Gasteiger partial charge in [-0.05, 0) is 228 Å². The van der Waals surface area contributed by atoms with Crippen molar-refractivity contribution in [3.63, 3.8) is 0 Å². The molecule has 6 aliphatic rings. The number of hydrogen-bond acceptors (Lipinski definition) is 15. The van der Waals surface area contributed by atoms with Crippen LogP contribution in [0.2, 0.25) is 20.1 Å². The normalized spacial score (nSPS) is 18.4. The molecule has 6 aromatic carbocycles. The molecule has 0 saturated carbocycles. The van der Waals surface area contributed by atoms with E-state index in [0.29, 0.717) is 35.7 Å². The molecule has 6 aliphatic heterocycles. The molecule has 6 fully saturated rings. The second kappa shape index (κ2) is 37.0. The maximum absolute atomic E-state index is 6.27. The summed E-state index contributed by atoms with van der Waals surface area (Å²) in [6.07, 6.45) is 15.1. The van der Waals surface area contributed by atoms with Gasteiger partial charge < -0.3 is 61.7 Å². The molecular weight excluding hydrogens is 1320 g/mol. The van der Waals surface area contributed by atoms with Gasteiger partial charge in [-0.25, -0.2) is 15.0 Å². The third kappa shape index (κ3) is 21.7. The van der Waals surface area contributed by atoms with Crippen LogP contribution in [-0.2, 0) is 19.6 Å². The van der Waals surface area contributed by atoms with Gasteiger partial charge in [0.05, 0.1) is 21.6 Å². The predicted molar refractivity (Wildman–Crippen MR) is 424 cm³/mol. The number of nitrogens with one attached hydrogen (secondary N) is 7. The minimum absolute atomic E-state index is 0.630. The number of fused-ring (bicyclic) bond motifs is 3. The number of benzene rings is 6. The summed E-state index contributed by atoms with van der Waals surface area (Å²) in [5.41, 5.74) is 9.07. The predicted octanol–water partition coefficient (Wildman–Crippen LogP) is 15.9. The van der Waals surface area contributed by atoms with E-state index in [1.54, 1.807) is 0 Å². The second-order valence-corrected chi connectivity index (χ2v) is 30.0. The minimum Gasteiger partial charge on any atom is -0.371 e. The molecule has 3 aromatic heterocycles. The zero-order chi connectivity index (χ0) is 69.0. The number of rotatable bonds is 17. The molecule has 19 heteroatoms. The van der Waals surface area contributed by atoms with Gasteiger partial charge in [-0.3, -0.25) is 0 Å². The van der Waals surface area contributed by atoms with Crippen molar-refractivity contribution in [1.29, 1.82) is 0 Å². The molecule has 9 heterocycles. The second-order valence-electron chi connectivity index (χ2n) is 28.3. The minimum atomic E-state index is 0.630. The van der Waals surface area contributed by atoms with Crippen molar-refractivity contribution in [2.24, 2.45) is 0 Å². The standard InChI is InChI=1S/2C27H34ClN5.C16H12Cl2N2.C11H23N3/c2*1-32-14-10-22(11-15-32)30-23-12-16-33(17-13-23)26-18-27(31-25-5-3-2-4-24(25)26)29-19-20-6-8-21(28)9-7-20;17-12-7-5-11(6-8-12)10-19-16-9-14(18)13-3-1-2-4-15(13)20-16;1-14-8-4-11(5-9-14)13-10-2-6-12-7-3-10/h2*2-9,18,22-23,30H,10-17,19H2,1H3,(H,29,31);1-9H,10H2,(H,19,20);10-13H,2-9H2,1H3. The quantitative estimate of drug-likeness (QED) is 0.0465. The smallest absolute Gasteiger partial charge is 0.129 e. The summed E-state index contributed by atoms with van der Waals surface area (Å²) in [5, 5.41) is 31.8. The van der Waals surface area contributed by atoms with Crippen molar-refractivity contribution in [2.75, 3.05) is 125 Å². The van der Waals surface area contributed by atoms with Crippen LogP contribution in [0.15, 0.2) is 164 Å². The number of aromatic nitrogens is 3. The lowest BCUT2D eigenvalue weighted by Crippen LogP contribution is -2.49. The third-order valence-corrected chi connectivity index (χ3v) is 21.9. The Labute approximate surface area is 613 Å². The number of para-hydroxylation sites is 3. The molecule has 0 aliphatic carbocycles. The average molecular weight is 1430 g/mol. The number of likely N-dealkylation sites (tertiary alicyclic amines) is 3. The van der Waals surface area contributed by atoms with E-state index in [9.17, 15) is 0 Å². The Kier molecular flexibility index (Phi) is 27.1. The zero-order valence-electron chi connectivity index (χ0n) is 58.7. The molecule has 0 unspecified atom stereocenters. The van der Waals surface area contributed by atoms with Gasteiger partial charge >= 0.3 is 0 Å². The van der Waals surface area contributed by atoms with Crippen LogP contribution in [0.3, 0.4) is 0 Å². The summed E-state index contributed by atoms with van der Waals surface area (Å²) in [7, 11) is 6.68. The molecule has 6 saturated heterocycles. The van der Waals surface area contributed by atoms with Crippen LogP contribution < -0.4 is 47.0 Å². The largest absolute Gasteiger partial charge is 0.371 e. The van der Waals surface area contributed by atoms with Gasteiger partial charge in [0.1, 0.15) is 17.5 Å². The van der Waals surface area contributed by atoms with Crippen LogP contribution in [0.4, 0.5) is 28.8 Å². The maximum atomic E-state index is 6.27. The summed E-state index contributed by atoms with van der Waals surface area (Å²) in [4.78, 5) is 26.7. The lowest BCUT2D eigenvalue weighted by Gasteiger charge is -2.38. The fraction of sp³-hybridized carbons (Fsp3) is 0.444. The molecule has 0 amide bonds. The van der Waals surface area contributed by atoms with E-state index in [2.05, 4.69) is 173 Å². The molecule has 9 aromatic rings. The molecule has 7 N–H and O–H groups in total. The van der Waals surface area contributed by atoms with Crippen LogP contribution in [0.1, 0.15) is 93.7 Å². The molecule has 0 bridgehead atoms. The number of hydrogen-bond donors (Lipinski definition) is 7. The molecule has 0 spiro atoms. The Bertz CT molecular complexity index is 3780. The molecule has 15 nitrogen and oxygen atoms in total. The Hall–Kier alpha value is -6.57. The van der Waals surface area contributed by atoms with Gasteiger partial charge in [0, 0.05) is 137 Å². The van der Waals surface area contributed by atoms with Gasteiger partial charge in [0.15, 0.2) is 0 Å². The first-order valence-corrected chi connectivity index (χ1v) is 38.2. The van der Waals surface area contributed by atoms with Crippen LogP contribution in [0.25, 0.3) is 32.7 Å². The topological polar surface area (TPSA) is 139 Å². The van der Waals surface area contributed by atoms with Crippen molar-refractivity contribution in [2.45, 2.75) is 133 Å². The van der Waals surface area contributed by atoms with E-state index in [0.717, 1.165) is 111 Å². The van der Waals surface area contributed by atoms with E-state index in [1.165, 1.54) is 163 Å². The lowest BCUT2D eigenvalue weighted by atomic mass is 9.99. The van der Waals surface area contributed by atoms with Gasteiger partial charge in [-0.1, -0.05) is 137 Å². The molecule has 15 rings (SSSR count). The number of halogens is 4. The average Bonchev–Trinajstić information content (AvgIpc) is 1.05. The third-order valence-electron chi connectivity index (χ3n) is 20.8. The Morgan fingerprint density at radius 1 is 0.340 bits per heavy atom. The van der Waals surface area contributed by atoms with Crippen molar-refractivity contribution < 1.29 is 0 Å². The first kappa shape index (κ1) is 73.2. The van der Waals surface area contributed by atoms with Crippen LogP contribution >= 0.6 is 46.4 Å². The summed E-state index contributed by atoms with van der Waals surface area (Å²) in [5.74, 6) is 2.61. The summed E-state index contributed by atoms with van der Waals surface area (Å²) in [6.45, 7) is 16.2. The van der Waals surface area contributed by atoms with Gasteiger partial charge in [0.25, 0.3) is 0 Å². The summed E-state index contributed by atoms with van der Waals surface area (Å²) in [6, 6.07) is 59.0. The Balaban J connectivity index is 0.000000133. The van der Waals surface area contributed by atoms with E-state index in [4.69, 9.17) is 56.4 Å². The van der Waals surface area contributed by atoms with Crippen LogP contribution in [-0.4, -0.2) is 166 Å². The summed E-state index contributed by atoms with van der Waals surface area (Å²) >= 11 is 24.2. The van der Waals surface area contributed by atoms with E-state index >= 15 is 0 Å². The Morgan fingerprint density at radius 2 is 0.620 bits per heavy atom. The van der Waals surface area contributed by atoms with Crippen LogP contribution in [0.5, 0.6) is 0 Å². The van der Waals surface area contributed by atoms with Gasteiger partial charge in [-0.15, -0.1) is 0 Å². The highest BCUT2D eigenvalue weighted by molar-refractivity contribution is 6.35. The van der Waals surface area contributed by atoms with E-state index in [-0.39, 0.29) is 0 Å². The van der Waals surface area contributed by atoms with Crippen molar-refractivity contribution in [1.82, 2.24) is 50.9 Å². The monoisotopic (exact) mass is 1430 g/mol. The van der Waals surface area contributed by atoms with Crippen molar-refractivity contribution in [3.05, 3.63) is 201 Å². The highest BCUT2D eigenvalue weighted by Gasteiger charge is 2.28. The number of pyridine rings is 3. The fourth-order valence-corrected chi connectivity index (χ4v) is 15.4. The van der Waals surface area contributed by atoms with Crippen LogP contribution in [0, 0.1) is 0 Å². The SMILES string of the molecule is CN1CCC(NC2CCN(c3cc(NCc4ccc(Cl)cc4)nc4ccccc34)CC2)CC1.CN1CCC(NC2CCN(c3cc(NCc4ccc(Cl)cc4)nc4ccccc34)CC2)CC1.CN1CCC(NC2CCNCC2)CC1.Clc1ccc(CNc2cc(Cl)c3ccccc3n2)cc1. The first-order valence-electron chi connectivity index (χ1n) is 36.7. The highest BCUT2D eigenvalue weighted by Crippen LogP contribution is 2.34. The molecule has 100 heavy (non-hydrogen) atoms. The number of piperidine rings is 6. The van der Waals surface area contributed by atoms with Gasteiger partial charge in [0.2, 0.25) is 0 Å². The summed E-state index contributed by atoms with van der Waals surface area (Å²) < 4.78 is 0. The fourth-order valence-electron chi connectivity index (χ4n) is 14.7. The zero-order valence-corrected chi connectivity index (χ0v) is 61.8. The van der Waals surface area contributed by atoms with E-state index in [1.807, 2.05) is 78.9 Å². The van der Waals surface area contributed by atoms with E-state index < -0.39 is 0 Å². The highest BCUT2D eigenvalue weighted by atomic mass is 35.5. The lowest BCUT2D eigenvalue weighted by molar-refractivity contribution is 0.215. The molecule has 530 valence electrons. The maximum Gasteiger partial charge on any atom is 0.129 e. The molecular formula is C81H103Cl4N15. The molecule has 0 atom stereocenters. The number of nitrogens with zero attached hydrogens (tertiary/aromatic N) is 8. The van der Waals surface area contributed by atoms with Gasteiger partial charge in [-0.2, -0.15) is 0 Å². The molecule has 0 radical (unpaired) electrons. The Morgan fingerprint density at radius 3 is 0.960 bits per heavy atom. The number of anilines is 5. The first-order chi connectivity index (χ1) is 48.8. The van der Waals surface area contributed by atoms with Crippen molar-refractivity contribution >= 4 is 108 Å².